The highest BCUT2D eigenvalue weighted by Gasteiger charge is 2.23. The molecule has 0 bridgehead atoms. The summed E-state index contributed by atoms with van der Waals surface area (Å²) < 4.78 is 5.57. The first-order valence-corrected chi connectivity index (χ1v) is 5.66. The highest BCUT2D eigenvalue weighted by atomic mass is 35.5. The molecule has 1 aromatic carbocycles. The van der Waals surface area contributed by atoms with Gasteiger partial charge in [-0.15, -0.1) is 0 Å². The monoisotopic (exact) mass is 247 g/mol. The van der Waals surface area contributed by atoms with Gasteiger partial charge in [-0.05, 0) is 6.07 Å². The summed E-state index contributed by atoms with van der Waals surface area (Å²) in [5.41, 5.74) is 1.14. The van der Waals surface area contributed by atoms with Gasteiger partial charge in [-0.2, -0.15) is 0 Å². The molecule has 0 radical (unpaired) electrons. The van der Waals surface area contributed by atoms with Crippen LogP contribution >= 0.6 is 11.6 Å². The minimum atomic E-state index is 0.108. The van der Waals surface area contributed by atoms with Crippen molar-refractivity contribution < 1.29 is 4.74 Å². The Morgan fingerprint density at radius 3 is 3.06 bits per heavy atom. The molecule has 4 nitrogen and oxygen atoms in total. The largest absolute Gasteiger partial charge is 0.491 e. The van der Waals surface area contributed by atoms with Crippen molar-refractivity contribution in [3.05, 3.63) is 47.4 Å². The van der Waals surface area contributed by atoms with Crippen molar-refractivity contribution in [1.82, 2.24) is 9.97 Å². The van der Waals surface area contributed by atoms with Gasteiger partial charge in [0.2, 0.25) is 0 Å². The van der Waals surface area contributed by atoms with Crippen LogP contribution in [0, 0.1) is 0 Å². The Morgan fingerprint density at radius 1 is 1.29 bits per heavy atom. The summed E-state index contributed by atoms with van der Waals surface area (Å²) in [7, 11) is 0. The van der Waals surface area contributed by atoms with Gasteiger partial charge < -0.3 is 10.1 Å². The fraction of sp³-hybridized carbons (Fsp3) is 0.167. The number of nitrogens with one attached hydrogen (secondary N) is 1. The molecule has 3 rings (SSSR count). The molecule has 1 atom stereocenters. The van der Waals surface area contributed by atoms with Crippen molar-refractivity contribution in [2.45, 2.75) is 6.04 Å². The van der Waals surface area contributed by atoms with Crippen LogP contribution in [-0.2, 0) is 0 Å². The van der Waals surface area contributed by atoms with E-state index in [1.54, 1.807) is 6.07 Å². The minimum Gasteiger partial charge on any atom is -0.491 e. The Hall–Kier alpha value is -1.81. The second kappa shape index (κ2) is 4.22. The van der Waals surface area contributed by atoms with Crippen molar-refractivity contribution in [3.63, 3.8) is 0 Å². The van der Waals surface area contributed by atoms with E-state index in [4.69, 9.17) is 16.3 Å². The summed E-state index contributed by atoms with van der Waals surface area (Å²) in [6, 6.07) is 9.77. The number of halogens is 1. The molecule has 2 aromatic rings. The zero-order valence-corrected chi connectivity index (χ0v) is 9.69. The van der Waals surface area contributed by atoms with Crippen LogP contribution in [0.15, 0.2) is 36.7 Å². The van der Waals surface area contributed by atoms with E-state index in [2.05, 4.69) is 15.3 Å². The number of anilines is 1. The number of hydrogen-bond acceptors (Lipinski definition) is 4. The van der Waals surface area contributed by atoms with Gasteiger partial charge in [-0.3, -0.25) is 0 Å². The molecule has 1 N–H and O–H groups in total. The number of ether oxygens (including phenoxy) is 1. The van der Waals surface area contributed by atoms with Crippen LogP contribution in [0.3, 0.4) is 0 Å². The Kier molecular flexibility index (Phi) is 2.57. The van der Waals surface area contributed by atoms with Gasteiger partial charge in [-0.25, -0.2) is 9.97 Å². The lowest BCUT2D eigenvalue weighted by Crippen LogP contribution is -2.12. The van der Waals surface area contributed by atoms with Crippen LogP contribution in [0.2, 0.25) is 5.15 Å². The molecule has 0 aliphatic carbocycles. The quantitative estimate of drug-likeness (QED) is 0.829. The molecule has 0 saturated heterocycles. The normalized spacial score (nSPS) is 17.4. The molecule has 0 saturated carbocycles. The van der Waals surface area contributed by atoms with Crippen LogP contribution in [0.5, 0.6) is 5.75 Å². The number of rotatable bonds is 2. The average molecular weight is 248 g/mol. The van der Waals surface area contributed by atoms with Gasteiger partial charge in [0.1, 0.15) is 29.7 Å². The Morgan fingerprint density at radius 2 is 2.18 bits per heavy atom. The van der Waals surface area contributed by atoms with E-state index in [1.165, 1.54) is 6.33 Å². The van der Waals surface area contributed by atoms with E-state index in [0.29, 0.717) is 17.6 Å². The average Bonchev–Trinajstić information content (AvgIpc) is 2.73. The predicted octanol–water partition coefficient (Wildman–Crippen LogP) is 2.68. The van der Waals surface area contributed by atoms with Gasteiger partial charge >= 0.3 is 0 Å². The van der Waals surface area contributed by atoms with Gasteiger partial charge in [0.15, 0.2) is 0 Å². The van der Waals surface area contributed by atoms with E-state index >= 15 is 0 Å². The molecule has 0 amide bonds. The van der Waals surface area contributed by atoms with Gasteiger partial charge in [-0.1, -0.05) is 29.8 Å². The predicted molar refractivity (Wildman–Crippen MR) is 65.3 cm³/mol. The molecule has 1 unspecified atom stereocenters. The molecular formula is C12H10ClN3O. The highest BCUT2D eigenvalue weighted by molar-refractivity contribution is 6.29. The molecule has 5 heteroatoms. The fourth-order valence-corrected chi connectivity index (χ4v) is 2.02. The van der Waals surface area contributed by atoms with Crippen LogP contribution in [0.25, 0.3) is 0 Å². The first-order valence-electron chi connectivity index (χ1n) is 5.29. The van der Waals surface area contributed by atoms with Gasteiger partial charge in [0.25, 0.3) is 0 Å². The summed E-state index contributed by atoms with van der Waals surface area (Å²) in [6.45, 7) is 0.598. The van der Waals surface area contributed by atoms with Crippen LogP contribution in [0.1, 0.15) is 11.6 Å². The summed E-state index contributed by atoms with van der Waals surface area (Å²) >= 11 is 5.81. The Balaban J connectivity index is 1.84. The van der Waals surface area contributed by atoms with Crippen molar-refractivity contribution in [2.24, 2.45) is 0 Å². The lowest BCUT2D eigenvalue weighted by atomic mass is 10.1. The lowest BCUT2D eigenvalue weighted by molar-refractivity contribution is 0.339. The number of aromatic nitrogens is 2. The Labute approximate surface area is 104 Å². The third-order valence-corrected chi connectivity index (χ3v) is 2.86. The summed E-state index contributed by atoms with van der Waals surface area (Å²) in [5, 5.41) is 3.70. The molecule has 1 aromatic heterocycles. The van der Waals surface area contributed by atoms with Crippen molar-refractivity contribution >= 4 is 17.4 Å². The first kappa shape index (κ1) is 10.4. The van der Waals surface area contributed by atoms with E-state index in [-0.39, 0.29) is 6.04 Å². The highest BCUT2D eigenvalue weighted by Crippen LogP contribution is 2.33. The summed E-state index contributed by atoms with van der Waals surface area (Å²) in [6.07, 6.45) is 1.44. The Bertz CT molecular complexity index is 547. The van der Waals surface area contributed by atoms with Gasteiger partial charge in [0, 0.05) is 11.6 Å². The summed E-state index contributed by atoms with van der Waals surface area (Å²) in [5.74, 6) is 1.63. The maximum Gasteiger partial charge on any atom is 0.134 e. The minimum absolute atomic E-state index is 0.108. The third kappa shape index (κ3) is 2.03. The number of benzene rings is 1. The molecule has 0 fully saturated rings. The second-order valence-corrected chi connectivity index (χ2v) is 4.16. The fourth-order valence-electron chi connectivity index (χ4n) is 1.87. The second-order valence-electron chi connectivity index (χ2n) is 3.77. The number of fused-ring (bicyclic) bond motifs is 1. The molecule has 1 aliphatic heterocycles. The van der Waals surface area contributed by atoms with Crippen LogP contribution < -0.4 is 10.1 Å². The number of nitrogens with zero attached hydrogens (tertiary/aromatic N) is 2. The molecule has 2 heterocycles. The van der Waals surface area contributed by atoms with E-state index in [1.807, 2.05) is 24.3 Å². The first-order chi connectivity index (χ1) is 8.33. The maximum atomic E-state index is 5.81. The topological polar surface area (TPSA) is 47.0 Å². The van der Waals surface area contributed by atoms with Crippen molar-refractivity contribution in [1.29, 1.82) is 0 Å². The van der Waals surface area contributed by atoms with E-state index in [0.717, 1.165) is 11.3 Å². The molecule has 0 spiro atoms. The summed E-state index contributed by atoms with van der Waals surface area (Å²) in [4.78, 5) is 7.96. The lowest BCUT2D eigenvalue weighted by Gasteiger charge is -2.11. The standard InChI is InChI=1S/C12H10ClN3O/c13-11-5-12(15-7-14-11)16-9-6-17-10-4-2-1-3-8(9)10/h1-5,7,9H,6H2,(H,14,15,16). The van der Waals surface area contributed by atoms with Gasteiger partial charge in [0.05, 0.1) is 6.04 Å². The third-order valence-electron chi connectivity index (χ3n) is 2.66. The molecule has 1 aliphatic rings. The van der Waals surface area contributed by atoms with Crippen LogP contribution in [0.4, 0.5) is 5.82 Å². The molecular weight excluding hydrogens is 238 g/mol. The maximum absolute atomic E-state index is 5.81. The van der Waals surface area contributed by atoms with E-state index in [9.17, 15) is 0 Å². The smallest absolute Gasteiger partial charge is 0.134 e. The van der Waals surface area contributed by atoms with Crippen LogP contribution in [-0.4, -0.2) is 16.6 Å². The van der Waals surface area contributed by atoms with Crippen molar-refractivity contribution in [2.75, 3.05) is 11.9 Å². The number of para-hydroxylation sites is 1. The zero-order chi connectivity index (χ0) is 11.7. The van der Waals surface area contributed by atoms with E-state index < -0.39 is 0 Å². The zero-order valence-electron chi connectivity index (χ0n) is 8.93. The SMILES string of the molecule is Clc1cc(NC2COc3ccccc32)ncn1. The molecule has 17 heavy (non-hydrogen) atoms. The number of hydrogen-bond donors (Lipinski definition) is 1. The molecule has 86 valence electrons. The van der Waals surface area contributed by atoms with Crippen molar-refractivity contribution in [3.8, 4) is 5.75 Å².